The maximum atomic E-state index is 9.61. The molecule has 0 aromatic heterocycles. The topological polar surface area (TPSA) is 47.9 Å². The normalized spacial score (nSPS) is 26.0. The lowest BCUT2D eigenvalue weighted by molar-refractivity contribution is -0.0666. The number of hydrogen-bond donors (Lipinski definition) is 1. The Labute approximate surface area is 156 Å². The van der Waals surface area contributed by atoms with Crippen molar-refractivity contribution in [3.05, 3.63) is 71.8 Å². The summed E-state index contributed by atoms with van der Waals surface area (Å²) in [6.45, 7) is 1.41. The quantitative estimate of drug-likeness (QED) is 0.683. The molecule has 2 aromatic carbocycles. The molecule has 1 N–H and O–H groups in total. The molecule has 134 valence electrons. The molecule has 0 unspecified atom stereocenters. The van der Waals surface area contributed by atoms with Crippen LogP contribution in [-0.4, -0.2) is 41.5 Å². The van der Waals surface area contributed by atoms with Gasteiger partial charge in [0.15, 0.2) is 0 Å². The number of rotatable bonds is 8. The minimum absolute atomic E-state index is 0.0239. The van der Waals surface area contributed by atoms with Gasteiger partial charge < -0.3 is 19.3 Å². The Kier molecular flexibility index (Phi) is 7.02. The molecule has 0 radical (unpaired) electrons. The predicted molar refractivity (Wildman–Crippen MR) is 99.6 cm³/mol. The summed E-state index contributed by atoms with van der Waals surface area (Å²) in [5, 5.41) is 9.61. The molecule has 0 spiro atoms. The Hall–Kier alpha value is -1.24. The van der Waals surface area contributed by atoms with Crippen molar-refractivity contribution in [1.29, 1.82) is 0 Å². The Morgan fingerprint density at radius 1 is 0.880 bits per heavy atom. The number of hydrogen-bond acceptors (Lipinski definition) is 4. The standard InChI is InChI=1S/C20H23BrO4/c21-19-18(14-23-12-15-7-3-1-4-8-15)25-17(11-22)20(19)24-13-16-9-5-2-6-10-16/h1-10,17-20,22H,11-14H2/t17-,18+,19-,20+/m0/s1. The van der Waals surface area contributed by atoms with Crippen LogP contribution in [0.1, 0.15) is 11.1 Å². The van der Waals surface area contributed by atoms with Gasteiger partial charge in [-0.15, -0.1) is 0 Å². The summed E-state index contributed by atoms with van der Waals surface area (Å²) in [5.41, 5.74) is 2.23. The van der Waals surface area contributed by atoms with E-state index in [-0.39, 0.29) is 29.7 Å². The molecule has 1 fully saturated rings. The van der Waals surface area contributed by atoms with Gasteiger partial charge in [-0.05, 0) is 11.1 Å². The zero-order chi connectivity index (χ0) is 17.5. The number of aliphatic hydroxyl groups excluding tert-OH is 1. The smallest absolute Gasteiger partial charge is 0.108 e. The van der Waals surface area contributed by atoms with Crippen LogP contribution in [0.15, 0.2) is 60.7 Å². The maximum absolute atomic E-state index is 9.61. The summed E-state index contributed by atoms with van der Waals surface area (Å²) in [7, 11) is 0. The van der Waals surface area contributed by atoms with Gasteiger partial charge in [-0.3, -0.25) is 0 Å². The summed E-state index contributed by atoms with van der Waals surface area (Å²) in [5.74, 6) is 0. The fourth-order valence-electron chi connectivity index (χ4n) is 2.90. The molecule has 0 saturated carbocycles. The van der Waals surface area contributed by atoms with Gasteiger partial charge in [0.05, 0.1) is 37.4 Å². The number of aliphatic hydroxyl groups is 1. The van der Waals surface area contributed by atoms with Gasteiger partial charge in [0.2, 0.25) is 0 Å². The lowest BCUT2D eigenvalue weighted by Crippen LogP contribution is -2.33. The van der Waals surface area contributed by atoms with E-state index in [0.29, 0.717) is 19.8 Å². The Morgan fingerprint density at radius 3 is 2.08 bits per heavy atom. The Bertz CT molecular complexity index is 622. The van der Waals surface area contributed by atoms with Crippen molar-refractivity contribution in [2.75, 3.05) is 13.2 Å². The van der Waals surface area contributed by atoms with Crippen LogP contribution in [0.4, 0.5) is 0 Å². The first-order chi connectivity index (χ1) is 12.3. The minimum atomic E-state index is -0.349. The monoisotopic (exact) mass is 406 g/mol. The highest BCUT2D eigenvalue weighted by molar-refractivity contribution is 9.09. The summed E-state index contributed by atoms with van der Waals surface area (Å²) >= 11 is 3.67. The van der Waals surface area contributed by atoms with E-state index in [1.54, 1.807) is 0 Å². The largest absolute Gasteiger partial charge is 0.394 e. The number of ether oxygens (including phenoxy) is 3. The van der Waals surface area contributed by atoms with Crippen molar-refractivity contribution in [2.45, 2.75) is 36.4 Å². The second kappa shape index (κ2) is 9.46. The molecule has 0 aliphatic carbocycles. The lowest BCUT2D eigenvalue weighted by atomic mass is 10.1. The van der Waals surface area contributed by atoms with Gasteiger partial charge in [0, 0.05) is 0 Å². The zero-order valence-electron chi connectivity index (χ0n) is 14.0. The first-order valence-corrected chi connectivity index (χ1v) is 9.37. The summed E-state index contributed by atoms with van der Waals surface area (Å²) < 4.78 is 17.7. The fraction of sp³-hybridized carbons (Fsp3) is 0.400. The third kappa shape index (κ3) is 5.12. The van der Waals surface area contributed by atoms with E-state index >= 15 is 0 Å². The van der Waals surface area contributed by atoms with Gasteiger partial charge >= 0.3 is 0 Å². The third-order valence-corrected chi connectivity index (χ3v) is 5.35. The van der Waals surface area contributed by atoms with E-state index in [2.05, 4.69) is 15.9 Å². The van der Waals surface area contributed by atoms with Gasteiger partial charge in [-0.25, -0.2) is 0 Å². The molecule has 1 aliphatic heterocycles. The zero-order valence-corrected chi connectivity index (χ0v) is 15.5. The lowest BCUT2D eigenvalue weighted by Gasteiger charge is -2.19. The minimum Gasteiger partial charge on any atom is -0.394 e. The average Bonchev–Trinajstić information content (AvgIpc) is 2.97. The van der Waals surface area contributed by atoms with E-state index in [0.717, 1.165) is 11.1 Å². The van der Waals surface area contributed by atoms with Crippen LogP contribution in [0.5, 0.6) is 0 Å². The van der Waals surface area contributed by atoms with E-state index < -0.39 is 0 Å². The van der Waals surface area contributed by atoms with Crippen LogP contribution >= 0.6 is 15.9 Å². The van der Waals surface area contributed by atoms with Gasteiger partial charge in [0.1, 0.15) is 12.2 Å². The maximum Gasteiger partial charge on any atom is 0.108 e. The first kappa shape index (κ1) is 18.5. The van der Waals surface area contributed by atoms with Crippen molar-refractivity contribution < 1.29 is 19.3 Å². The molecule has 1 saturated heterocycles. The average molecular weight is 407 g/mol. The van der Waals surface area contributed by atoms with Gasteiger partial charge in [-0.2, -0.15) is 0 Å². The molecule has 4 nitrogen and oxygen atoms in total. The van der Waals surface area contributed by atoms with Crippen LogP contribution in [0.25, 0.3) is 0 Å². The van der Waals surface area contributed by atoms with E-state index in [9.17, 15) is 5.11 Å². The molecule has 25 heavy (non-hydrogen) atoms. The van der Waals surface area contributed by atoms with Gasteiger partial charge in [0.25, 0.3) is 0 Å². The number of benzene rings is 2. The molecule has 1 aliphatic rings. The van der Waals surface area contributed by atoms with E-state index in [1.807, 2.05) is 60.7 Å². The van der Waals surface area contributed by atoms with Crippen LogP contribution < -0.4 is 0 Å². The highest BCUT2D eigenvalue weighted by Gasteiger charge is 2.43. The fourth-order valence-corrected chi connectivity index (χ4v) is 3.68. The first-order valence-electron chi connectivity index (χ1n) is 8.45. The summed E-state index contributed by atoms with van der Waals surface area (Å²) in [4.78, 5) is -0.0239. The van der Waals surface area contributed by atoms with Crippen molar-refractivity contribution in [3.63, 3.8) is 0 Å². The van der Waals surface area contributed by atoms with Crippen molar-refractivity contribution in [2.24, 2.45) is 0 Å². The van der Waals surface area contributed by atoms with Crippen molar-refractivity contribution in [1.82, 2.24) is 0 Å². The van der Waals surface area contributed by atoms with Crippen LogP contribution in [-0.2, 0) is 27.4 Å². The number of alkyl halides is 1. The summed E-state index contributed by atoms with van der Waals surface area (Å²) in [6, 6.07) is 20.0. The molecular formula is C20H23BrO4. The Morgan fingerprint density at radius 2 is 1.48 bits per heavy atom. The predicted octanol–water partition coefficient (Wildman–Crippen LogP) is 3.31. The summed E-state index contributed by atoms with van der Waals surface area (Å²) in [6.07, 6.45) is -0.712. The molecule has 5 heteroatoms. The molecule has 4 atom stereocenters. The Balaban J connectivity index is 1.50. The molecule has 2 aromatic rings. The SMILES string of the molecule is OC[C@@H]1O[C@H](COCc2ccccc2)[C@H](Br)[C@@H]1OCc1ccccc1. The van der Waals surface area contributed by atoms with E-state index in [1.165, 1.54) is 0 Å². The van der Waals surface area contributed by atoms with Crippen molar-refractivity contribution in [3.8, 4) is 0 Å². The molecule has 3 rings (SSSR count). The third-order valence-electron chi connectivity index (χ3n) is 4.24. The molecule has 0 bridgehead atoms. The highest BCUT2D eigenvalue weighted by atomic mass is 79.9. The highest BCUT2D eigenvalue weighted by Crippen LogP contribution is 2.30. The second-order valence-electron chi connectivity index (χ2n) is 6.10. The van der Waals surface area contributed by atoms with E-state index in [4.69, 9.17) is 14.2 Å². The molecular weight excluding hydrogens is 384 g/mol. The molecule has 1 heterocycles. The second-order valence-corrected chi connectivity index (χ2v) is 7.16. The number of halogens is 1. The van der Waals surface area contributed by atoms with Gasteiger partial charge in [-0.1, -0.05) is 76.6 Å². The van der Waals surface area contributed by atoms with Crippen LogP contribution in [0.2, 0.25) is 0 Å². The molecule has 0 amide bonds. The van der Waals surface area contributed by atoms with Crippen LogP contribution in [0, 0.1) is 0 Å². The van der Waals surface area contributed by atoms with Crippen LogP contribution in [0.3, 0.4) is 0 Å². The van der Waals surface area contributed by atoms with Crippen molar-refractivity contribution >= 4 is 15.9 Å².